The monoisotopic (exact) mass is 322 g/mol. The van der Waals surface area contributed by atoms with Gasteiger partial charge in [-0.1, -0.05) is 17.7 Å². The van der Waals surface area contributed by atoms with Crippen molar-refractivity contribution in [3.05, 3.63) is 52.7 Å². The molecule has 5 heteroatoms. The van der Waals surface area contributed by atoms with Crippen molar-refractivity contribution < 1.29 is 4.42 Å². The zero-order chi connectivity index (χ0) is 15.0. The Balaban J connectivity index is 2.19. The average molecular weight is 323 g/mol. The van der Waals surface area contributed by atoms with Crippen LogP contribution in [0, 0.1) is 6.92 Å². The lowest BCUT2D eigenvalue weighted by Crippen LogP contribution is -2.10. The molecule has 2 heterocycles. The lowest BCUT2D eigenvalue weighted by atomic mass is 10.2. The van der Waals surface area contributed by atoms with Crippen molar-refractivity contribution in [2.24, 2.45) is 0 Å². The SMILES string of the molecule is Cc1ccc(C(C)n2c(CCCl)nc3c(Cl)cccc32)o1. The lowest BCUT2D eigenvalue weighted by Gasteiger charge is -2.15. The van der Waals surface area contributed by atoms with Gasteiger partial charge >= 0.3 is 0 Å². The minimum atomic E-state index is 0.0420. The Morgan fingerprint density at radius 2 is 2.10 bits per heavy atom. The molecule has 1 unspecified atom stereocenters. The Bertz CT molecular complexity index is 776. The van der Waals surface area contributed by atoms with Gasteiger partial charge in [0.1, 0.15) is 22.9 Å². The van der Waals surface area contributed by atoms with Crippen molar-refractivity contribution in [3.63, 3.8) is 0 Å². The van der Waals surface area contributed by atoms with Gasteiger partial charge in [0.05, 0.1) is 16.6 Å². The van der Waals surface area contributed by atoms with Gasteiger partial charge in [0.25, 0.3) is 0 Å². The van der Waals surface area contributed by atoms with E-state index < -0.39 is 0 Å². The van der Waals surface area contributed by atoms with Gasteiger partial charge < -0.3 is 8.98 Å². The first-order chi connectivity index (χ1) is 10.1. The van der Waals surface area contributed by atoms with Crippen LogP contribution < -0.4 is 0 Å². The minimum absolute atomic E-state index is 0.0420. The summed E-state index contributed by atoms with van der Waals surface area (Å²) in [7, 11) is 0. The van der Waals surface area contributed by atoms with E-state index in [1.54, 1.807) is 0 Å². The highest BCUT2D eigenvalue weighted by atomic mass is 35.5. The van der Waals surface area contributed by atoms with Crippen molar-refractivity contribution >= 4 is 34.2 Å². The number of furan rings is 1. The van der Waals surface area contributed by atoms with Gasteiger partial charge in [0, 0.05) is 12.3 Å². The summed E-state index contributed by atoms with van der Waals surface area (Å²) in [5.41, 5.74) is 1.82. The molecular weight excluding hydrogens is 307 g/mol. The molecule has 0 saturated carbocycles. The number of halogens is 2. The van der Waals surface area contributed by atoms with Gasteiger partial charge in [0.15, 0.2) is 0 Å². The quantitative estimate of drug-likeness (QED) is 0.634. The fraction of sp³-hybridized carbons (Fsp3) is 0.312. The lowest BCUT2D eigenvalue weighted by molar-refractivity contribution is 0.428. The van der Waals surface area contributed by atoms with E-state index in [-0.39, 0.29) is 6.04 Å². The second-order valence-corrected chi connectivity index (χ2v) is 5.85. The number of fused-ring (bicyclic) bond motifs is 1. The maximum Gasteiger partial charge on any atom is 0.126 e. The molecular formula is C16H16Cl2N2O. The topological polar surface area (TPSA) is 31.0 Å². The summed E-state index contributed by atoms with van der Waals surface area (Å²) in [5, 5.41) is 0.657. The van der Waals surface area contributed by atoms with Crippen molar-refractivity contribution in [3.8, 4) is 0 Å². The summed E-state index contributed by atoms with van der Waals surface area (Å²) in [5.74, 6) is 3.25. The van der Waals surface area contributed by atoms with Gasteiger partial charge in [-0.3, -0.25) is 0 Å². The predicted octanol–water partition coefficient (Wildman–Crippen LogP) is 4.98. The molecule has 0 aliphatic rings. The molecule has 0 saturated heterocycles. The average Bonchev–Trinajstić information content (AvgIpc) is 3.03. The van der Waals surface area contributed by atoms with Gasteiger partial charge in [-0.2, -0.15) is 0 Å². The molecule has 0 fully saturated rings. The standard InChI is InChI=1S/C16H16Cl2N2O/c1-10-6-7-14(21-10)11(2)20-13-5-3-4-12(18)16(13)19-15(20)8-9-17/h3-7,11H,8-9H2,1-2H3. The normalized spacial score (nSPS) is 13.0. The Hall–Kier alpha value is -1.45. The molecule has 0 amide bonds. The number of para-hydroxylation sites is 1. The summed E-state index contributed by atoms with van der Waals surface area (Å²) in [6, 6.07) is 9.83. The first-order valence-electron chi connectivity index (χ1n) is 6.89. The smallest absolute Gasteiger partial charge is 0.126 e. The maximum atomic E-state index is 6.27. The van der Waals surface area contributed by atoms with Crippen LogP contribution in [-0.2, 0) is 6.42 Å². The van der Waals surface area contributed by atoms with Crippen LogP contribution in [0.4, 0.5) is 0 Å². The maximum absolute atomic E-state index is 6.27. The number of imidazole rings is 1. The molecule has 110 valence electrons. The highest BCUT2D eigenvalue weighted by Gasteiger charge is 2.20. The van der Waals surface area contributed by atoms with Crippen LogP contribution >= 0.6 is 23.2 Å². The van der Waals surface area contributed by atoms with E-state index in [9.17, 15) is 0 Å². The molecule has 3 rings (SSSR count). The number of hydrogen-bond acceptors (Lipinski definition) is 2. The Labute approximate surface area is 133 Å². The molecule has 0 spiro atoms. The molecule has 1 atom stereocenters. The second-order valence-electron chi connectivity index (χ2n) is 5.07. The van der Waals surface area contributed by atoms with Crippen LogP contribution in [-0.4, -0.2) is 15.4 Å². The number of benzene rings is 1. The van der Waals surface area contributed by atoms with E-state index in [0.29, 0.717) is 17.3 Å². The second kappa shape index (κ2) is 5.74. The van der Waals surface area contributed by atoms with Gasteiger partial charge in [0.2, 0.25) is 0 Å². The number of aromatic nitrogens is 2. The van der Waals surface area contributed by atoms with E-state index in [1.165, 1.54) is 0 Å². The summed E-state index contributed by atoms with van der Waals surface area (Å²) in [6.45, 7) is 4.04. The zero-order valence-corrected chi connectivity index (χ0v) is 13.4. The number of aryl methyl sites for hydroxylation is 2. The third-order valence-corrected chi connectivity index (χ3v) is 4.12. The number of rotatable bonds is 4. The van der Waals surface area contributed by atoms with Crippen molar-refractivity contribution in [1.29, 1.82) is 0 Å². The highest BCUT2D eigenvalue weighted by Crippen LogP contribution is 2.30. The molecule has 0 radical (unpaired) electrons. The van der Waals surface area contributed by atoms with Crippen LogP contribution in [0.5, 0.6) is 0 Å². The largest absolute Gasteiger partial charge is 0.464 e. The third-order valence-electron chi connectivity index (χ3n) is 3.62. The number of nitrogens with zero attached hydrogens (tertiary/aromatic N) is 2. The zero-order valence-electron chi connectivity index (χ0n) is 11.9. The molecule has 3 nitrogen and oxygen atoms in total. The molecule has 21 heavy (non-hydrogen) atoms. The first-order valence-corrected chi connectivity index (χ1v) is 7.80. The van der Waals surface area contributed by atoms with Crippen LogP contribution in [0.3, 0.4) is 0 Å². The van der Waals surface area contributed by atoms with Crippen LogP contribution in [0.2, 0.25) is 5.02 Å². The van der Waals surface area contributed by atoms with E-state index in [0.717, 1.165) is 28.4 Å². The molecule has 1 aromatic carbocycles. The fourth-order valence-corrected chi connectivity index (χ4v) is 3.01. The van der Waals surface area contributed by atoms with Crippen molar-refractivity contribution in [2.45, 2.75) is 26.3 Å². The third kappa shape index (κ3) is 2.56. The Kier molecular flexibility index (Phi) is 3.96. The van der Waals surface area contributed by atoms with Crippen molar-refractivity contribution in [1.82, 2.24) is 9.55 Å². The number of alkyl halides is 1. The Morgan fingerprint density at radius 3 is 2.76 bits per heavy atom. The summed E-state index contributed by atoms with van der Waals surface area (Å²) >= 11 is 12.2. The highest BCUT2D eigenvalue weighted by molar-refractivity contribution is 6.34. The molecule has 2 aromatic heterocycles. The molecule has 0 N–H and O–H groups in total. The Morgan fingerprint density at radius 1 is 1.29 bits per heavy atom. The molecule has 0 aliphatic heterocycles. The predicted molar refractivity (Wildman–Crippen MR) is 86.4 cm³/mol. The van der Waals surface area contributed by atoms with Crippen LogP contribution in [0.1, 0.15) is 30.3 Å². The first kappa shape index (κ1) is 14.5. The number of hydrogen-bond donors (Lipinski definition) is 0. The van der Waals surface area contributed by atoms with Gasteiger partial charge in [-0.25, -0.2) is 4.98 Å². The van der Waals surface area contributed by atoms with E-state index in [2.05, 4.69) is 16.5 Å². The molecule has 0 aliphatic carbocycles. The molecule has 3 aromatic rings. The van der Waals surface area contributed by atoms with Crippen LogP contribution in [0.15, 0.2) is 34.7 Å². The van der Waals surface area contributed by atoms with E-state index >= 15 is 0 Å². The van der Waals surface area contributed by atoms with E-state index in [4.69, 9.17) is 27.6 Å². The van der Waals surface area contributed by atoms with Crippen molar-refractivity contribution in [2.75, 3.05) is 5.88 Å². The summed E-state index contributed by atoms with van der Waals surface area (Å²) in [6.07, 6.45) is 0.691. The van der Waals surface area contributed by atoms with E-state index in [1.807, 2.05) is 37.3 Å². The van der Waals surface area contributed by atoms with Gasteiger partial charge in [-0.05, 0) is 38.1 Å². The molecule has 0 bridgehead atoms. The summed E-state index contributed by atoms with van der Waals surface area (Å²) < 4.78 is 7.92. The summed E-state index contributed by atoms with van der Waals surface area (Å²) in [4.78, 5) is 4.66. The fourth-order valence-electron chi connectivity index (χ4n) is 2.63. The minimum Gasteiger partial charge on any atom is -0.464 e. The van der Waals surface area contributed by atoms with Crippen LogP contribution in [0.25, 0.3) is 11.0 Å². The van der Waals surface area contributed by atoms with Gasteiger partial charge in [-0.15, -0.1) is 11.6 Å².